The fraction of sp³-hybridized carbons (Fsp3) is 0.478. The molecule has 0 aromatic carbocycles. The maximum Gasteiger partial charge on any atom is 0.348 e. The smallest absolute Gasteiger partial charge is 0.348 e. The van der Waals surface area contributed by atoms with Gasteiger partial charge in [0, 0.05) is 19.3 Å². The van der Waals surface area contributed by atoms with Crippen LogP contribution in [0.2, 0.25) is 0 Å². The molecule has 1 unspecified atom stereocenters. The molecule has 0 aliphatic carbocycles. The molecule has 154 valence electrons. The minimum absolute atomic E-state index is 0.0403. The summed E-state index contributed by atoms with van der Waals surface area (Å²) in [7, 11) is 1.34. The summed E-state index contributed by atoms with van der Waals surface area (Å²) in [4.78, 5) is 26.7. The lowest BCUT2D eigenvalue weighted by atomic mass is 10.00. The highest BCUT2D eigenvalue weighted by Gasteiger charge is 2.28. The van der Waals surface area contributed by atoms with Crippen LogP contribution in [0.4, 0.5) is 0 Å². The second-order valence-electron chi connectivity index (χ2n) is 6.85. The number of nitrogens with zero attached hydrogens (tertiary/aromatic N) is 1. The number of aliphatic hydroxyl groups excluding tert-OH is 1. The second kappa shape index (κ2) is 11.5. The summed E-state index contributed by atoms with van der Waals surface area (Å²) in [5.74, 6) is 11.8. The number of carbonyl (C=O) groups is 2. The third kappa shape index (κ3) is 6.78. The van der Waals surface area contributed by atoms with Gasteiger partial charge in [-0.2, -0.15) is 0 Å². The van der Waals surface area contributed by atoms with Gasteiger partial charge in [-0.3, -0.25) is 4.79 Å². The van der Waals surface area contributed by atoms with Gasteiger partial charge >= 0.3 is 5.97 Å². The van der Waals surface area contributed by atoms with Gasteiger partial charge in [-0.05, 0) is 24.5 Å². The second-order valence-corrected chi connectivity index (χ2v) is 7.93. The van der Waals surface area contributed by atoms with Crippen LogP contribution in [0.3, 0.4) is 0 Å². The Morgan fingerprint density at radius 3 is 2.93 bits per heavy atom. The number of aliphatic hydroxyl groups is 1. The summed E-state index contributed by atoms with van der Waals surface area (Å²) >= 11 is 1.27. The van der Waals surface area contributed by atoms with Crippen molar-refractivity contribution >= 4 is 23.2 Å². The van der Waals surface area contributed by atoms with Crippen LogP contribution in [0, 0.1) is 29.6 Å². The van der Waals surface area contributed by atoms with Gasteiger partial charge in [0.25, 0.3) is 0 Å². The SMILES string of the molecule is CCC#CC[C@H](C)[C@H](O)C=CC1CCC(=O)N1CC#Cc1ccc(C(=O)OC)s1. The summed E-state index contributed by atoms with van der Waals surface area (Å²) in [6.07, 6.45) is 5.74. The van der Waals surface area contributed by atoms with Gasteiger partial charge in [-0.1, -0.05) is 37.8 Å². The number of carbonyl (C=O) groups excluding carboxylic acids is 2. The average molecular weight is 414 g/mol. The van der Waals surface area contributed by atoms with Crippen LogP contribution in [0.5, 0.6) is 0 Å². The van der Waals surface area contributed by atoms with Crippen LogP contribution in [-0.4, -0.2) is 47.7 Å². The van der Waals surface area contributed by atoms with Crippen molar-refractivity contribution in [3.8, 4) is 23.7 Å². The molecule has 1 aliphatic rings. The minimum Gasteiger partial charge on any atom is -0.465 e. The molecule has 29 heavy (non-hydrogen) atoms. The van der Waals surface area contributed by atoms with Gasteiger partial charge in [0.1, 0.15) is 4.88 Å². The standard InChI is InChI=1S/C23H27NO4S/c1-4-5-6-8-17(2)20(25)13-10-18-11-15-22(26)24(18)16-7-9-19-12-14-21(29-19)23(27)28-3/h10,12-14,17-18,20,25H,4,8,11,15-16H2,1-3H3/t17-,18?,20+/m0/s1. The number of methoxy groups -OCH3 is 1. The fourth-order valence-electron chi connectivity index (χ4n) is 2.90. The molecule has 1 N–H and O–H groups in total. The van der Waals surface area contributed by atoms with E-state index < -0.39 is 6.10 Å². The van der Waals surface area contributed by atoms with Crippen molar-refractivity contribution < 1.29 is 19.4 Å². The summed E-state index contributed by atoms with van der Waals surface area (Å²) in [6.45, 7) is 4.28. The quantitative estimate of drug-likeness (QED) is 0.442. The van der Waals surface area contributed by atoms with Crippen molar-refractivity contribution in [1.82, 2.24) is 4.90 Å². The van der Waals surface area contributed by atoms with Gasteiger partial charge in [0.15, 0.2) is 0 Å². The Bertz CT molecular complexity index is 865. The predicted molar refractivity (Wildman–Crippen MR) is 114 cm³/mol. The van der Waals surface area contributed by atoms with Crippen LogP contribution in [0.15, 0.2) is 24.3 Å². The molecular weight excluding hydrogens is 386 g/mol. The number of likely N-dealkylation sites (tertiary alicyclic amines) is 1. The van der Waals surface area contributed by atoms with E-state index in [1.54, 1.807) is 23.1 Å². The highest BCUT2D eigenvalue weighted by Crippen LogP contribution is 2.21. The Labute approximate surface area is 176 Å². The molecule has 2 rings (SSSR count). The van der Waals surface area contributed by atoms with Crippen molar-refractivity contribution in [1.29, 1.82) is 0 Å². The lowest BCUT2D eigenvalue weighted by molar-refractivity contribution is -0.127. The van der Waals surface area contributed by atoms with Crippen LogP contribution in [0.25, 0.3) is 0 Å². The zero-order valence-corrected chi connectivity index (χ0v) is 17.9. The van der Waals surface area contributed by atoms with E-state index in [0.717, 1.165) is 17.7 Å². The Balaban J connectivity index is 1.95. The maximum absolute atomic E-state index is 12.2. The first-order valence-electron chi connectivity index (χ1n) is 9.74. The van der Waals surface area contributed by atoms with E-state index >= 15 is 0 Å². The fourth-order valence-corrected chi connectivity index (χ4v) is 3.70. The van der Waals surface area contributed by atoms with Crippen molar-refractivity contribution in [2.24, 2.45) is 5.92 Å². The van der Waals surface area contributed by atoms with E-state index in [-0.39, 0.29) is 23.8 Å². The van der Waals surface area contributed by atoms with Crippen LogP contribution in [-0.2, 0) is 9.53 Å². The molecule has 1 fully saturated rings. The molecule has 1 amide bonds. The van der Waals surface area contributed by atoms with E-state index in [4.69, 9.17) is 0 Å². The van der Waals surface area contributed by atoms with Gasteiger partial charge in [-0.25, -0.2) is 4.79 Å². The lowest BCUT2D eigenvalue weighted by Gasteiger charge is -2.20. The zero-order valence-electron chi connectivity index (χ0n) is 17.1. The summed E-state index contributed by atoms with van der Waals surface area (Å²) < 4.78 is 4.69. The molecule has 0 radical (unpaired) electrons. The summed E-state index contributed by atoms with van der Waals surface area (Å²) in [5.41, 5.74) is 0. The first-order chi connectivity index (χ1) is 14.0. The lowest BCUT2D eigenvalue weighted by Crippen LogP contribution is -2.32. The third-order valence-electron chi connectivity index (χ3n) is 4.67. The molecule has 1 aromatic heterocycles. The first-order valence-corrected chi connectivity index (χ1v) is 10.6. The number of thiophene rings is 1. The van der Waals surface area contributed by atoms with E-state index in [2.05, 4.69) is 28.4 Å². The zero-order chi connectivity index (χ0) is 21.2. The molecule has 0 spiro atoms. The van der Waals surface area contributed by atoms with Crippen molar-refractivity contribution in [2.45, 2.75) is 51.7 Å². The molecule has 0 saturated carbocycles. The first kappa shape index (κ1) is 22.7. The van der Waals surface area contributed by atoms with Gasteiger partial charge in [0.05, 0.1) is 30.7 Å². The Hall–Kier alpha value is -2.54. The number of amides is 1. The van der Waals surface area contributed by atoms with Crippen molar-refractivity contribution in [3.05, 3.63) is 34.0 Å². The molecule has 1 aromatic rings. The normalized spacial score (nSPS) is 18.0. The largest absolute Gasteiger partial charge is 0.465 e. The number of hydrogen-bond donors (Lipinski definition) is 1. The molecule has 5 nitrogen and oxygen atoms in total. The number of hydrogen-bond acceptors (Lipinski definition) is 5. The van der Waals surface area contributed by atoms with Crippen molar-refractivity contribution in [3.63, 3.8) is 0 Å². The monoisotopic (exact) mass is 413 g/mol. The summed E-state index contributed by atoms with van der Waals surface area (Å²) in [6, 6.07) is 3.39. The third-order valence-corrected chi connectivity index (χ3v) is 5.65. The molecule has 1 aliphatic heterocycles. The molecule has 1 saturated heterocycles. The number of esters is 1. The minimum atomic E-state index is -0.590. The van der Waals surface area contributed by atoms with E-state index in [1.807, 2.05) is 19.9 Å². The Morgan fingerprint density at radius 2 is 2.21 bits per heavy atom. The molecule has 2 heterocycles. The average Bonchev–Trinajstić information content (AvgIpc) is 3.33. The molecule has 6 heteroatoms. The number of ether oxygens (including phenoxy) is 1. The molecule has 3 atom stereocenters. The summed E-state index contributed by atoms with van der Waals surface area (Å²) in [5, 5.41) is 10.3. The highest BCUT2D eigenvalue weighted by molar-refractivity contribution is 7.14. The van der Waals surface area contributed by atoms with Gasteiger partial charge in [0.2, 0.25) is 5.91 Å². The van der Waals surface area contributed by atoms with Gasteiger partial charge < -0.3 is 14.7 Å². The highest BCUT2D eigenvalue weighted by atomic mass is 32.1. The van der Waals surface area contributed by atoms with Crippen molar-refractivity contribution in [2.75, 3.05) is 13.7 Å². The van der Waals surface area contributed by atoms with E-state index in [0.29, 0.717) is 24.3 Å². The van der Waals surface area contributed by atoms with Crippen LogP contribution in [0.1, 0.15) is 54.1 Å². The molecule has 0 bridgehead atoms. The van der Waals surface area contributed by atoms with E-state index in [9.17, 15) is 14.7 Å². The van der Waals surface area contributed by atoms with E-state index in [1.165, 1.54) is 18.4 Å². The number of rotatable bonds is 6. The Morgan fingerprint density at radius 1 is 1.41 bits per heavy atom. The topological polar surface area (TPSA) is 66.8 Å². The van der Waals surface area contributed by atoms with Gasteiger partial charge in [-0.15, -0.1) is 23.2 Å². The van der Waals surface area contributed by atoms with Crippen LogP contribution >= 0.6 is 11.3 Å². The van der Waals surface area contributed by atoms with Crippen LogP contribution < -0.4 is 0 Å². The Kier molecular flexibility index (Phi) is 8.99. The predicted octanol–water partition coefficient (Wildman–Crippen LogP) is 3.23. The maximum atomic E-state index is 12.2. The molecular formula is C23H27NO4S.